The van der Waals surface area contributed by atoms with Crippen molar-refractivity contribution in [1.82, 2.24) is 0 Å². The van der Waals surface area contributed by atoms with Gasteiger partial charge in [-0.3, -0.25) is 0 Å². The highest BCUT2D eigenvalue weighted by Gasteiger charge is 2.63. The van der Waals surface area contributed by atoms with Crippen molar-refractivity contribution in [1.29, 1.82) is 0 Å². The second kappa shape index (κ2) is 5.53. The second-order valence-electron chi connectivity index (χ2n) is 3.99. The minimum absolute atomic E-state index is 0.286. The van der Waals surface area contributed by atoms with E-state index in [-0.39, 0.29) is 11.9 Å². The Morgan fingerprint density at radius 2 is 1.83 bits per heavy atom. The highest BCUT2D eigenvalue weighted by molar-refractivity contribution is 6.25. The molecule has 18 heavy (non-hydrogen) atoms. The summed E-state index contributed by atoms with van der Waals surface area (Å²) >= 11 is 6.34. The molecule has 0 amide bonds. The second-order valence-corrected chi connectivity index (χ2v) is 4.58. The Morgan fingerprint density at radius 1 is 1.28 bits per heavy atom. The summed E-state index contributed by atoms with van der Waals surface area (Å²) in [4.78, 5) is 0. The fourth-order valence-corrected chi connectivity index (χ4v) is 2.18. The van der Waals surface area contributed by atoms with E-state index in [4.69, 9.17) is 25.8 Å². The number of alkyl halides is 1. The summed E-state index contributed by atoms with van der Waals surface area (Å²) in [5.41, 5.74) is 0.816. The summed E-state index contributed by atoms with van der Waals surface area (Å²) in [6.45, 7) is 4.69. The zero-order valence-electron chi connectivity index (χ0n) is 10.4. The summed E-state index contributed by atoms with van der Waals surface area (Å²) in [5.74, 6) is -0.286. The van der Waals surface area contributed by atoms with E-state index in [9.17, 15) is 4.39 Å². The summed E-state index contributed by atoms with van der Waals surface area (Å²) in [5, 5.41) is -1.01. The van der Waals surface area contributed by atoms with Crippen LogP contribution in [0.3, 0.4) is 0 Å². The molecule has 1 heterocycles. The van der Waals surface area contributed by atoms with Crippen molar-refractivity contribution in [2.45, 2.75) is 31.3 Å². The van der Waals surface area contributed by atoms with Crippen molar-refractivity contribution in [3.05, 3.63) is 35.6 Å². The molecular formula is C13H16ClFO3. The normalized spacial score (nSPS) is 26.6. The van der Waals surface area contributed by atoms with Crippen LogP contribution in [0.25, 0.3) is 0 Å². The van der Waals surface area contributed by atoms with E-state index in [0.29, 0.717) is 13.2 Å². The Morgan fingerprint density at radius 3 is 2.33 bits per heavy atom. The van der Waals surface area contributed by atoms with E-state index in [1.165, 1.54) is 12.1 Å². The lowest BCUT2D eigenvalue weighted by Crippen LogP contribution is -2.31. The molecule has 1 saturated heterocycles. The van der Waals surface area contributed by atoms with Crippen LogP contribution in [0.5, 0.6) is 0 Å². The van der Waals surface area contributed by atoms with Crippen molar-refractivity contribution >= 4 is 11.6 Å². The van der Waals surface area contributed by atoms with E-state index < -0.39 is 11.4 Å². The lowest BCUT2D eigenvalue weighted by atomic mass is 10.1. The predicted octanol–water partition coefficient (Wildman–Crippen LogP) is 3.23. The first-order valence-electron chi connectivity index (χ1n) is 5.97. The van der Waals surface area contributed by atoms with Crippen molar-refractivity contribution < 1.29 is 18.6 Å². The molecule has 3 nitrogen and oxygen atoms in total. The quantitative estimate of drug-likeness (QED) is 0.453. The van der Waals surface area contributed by atoms with Gasteiger partial charge < -0.3 is 14.2 Å². The molecule has 100 valence electrons. The summed E-state index contributed by atoms with van der Waals surface area (Å²) in [6.07, 6.45) is -0.952. The minimum Gasteiger partial charge on any atom is -0.349 e. The molecule has 1 aliphatic heterocycles. The monoisotopic (exact) mass is 274 g/mol. The third-order valence-corrected chi connectivity index (χ3v) is 3.19. The topological polar surface area (TPSA) is 31.0 Å². The maximum atomic E-state index is 12.8. The van der Waals surface area contributed by atoms with E-state index in [0.717, 1.165) is 5.56 Å². The molecule has 1 aromatic rings. The Balaban J connectivity index is 2.08. The van der Waals surface area contributed by atoms with E-state index in [2.05, 4.69) is 0 Å². The van der Waals surface area contributed by atoms with Crippen LogP contribution in [0, 0.1) is 5.82 Å². The maximum absolute atomic E-state index is 12.8. The number of hydrogen-bond donors (Lipinski definition) is 0. The van der Waals surface area contributed by atoms with Gasteiger partial charge in [0, 0.05) is 13.2 Å². The van der Waals surface area contributed by atoms with Gasteiger partial charge in [0.25, 0.3) is 0 Å². The van der Waals surface area contributed by atoms with Crippen LogP contribution < -0.4 is 0 Å². The van der Waals surface area contributed by atoms with Gasteiger partial charge in [-0.1, -0.05) is 23.7 Å². The molecule has 0 aliphatic carbocycles. The van der Waals surface area contributed by atoms with E-state index in [1.54, 1.807) is 12.1 Å². The van der Waals surface area contributed by atoms with Crippen molar-refractivity contribution in [3.63, 3.8) is 0 Å². The molecule has 1 aromatic carbocycles. The molecule has 0 spiro atoms. The minimum atomic E-state index is -1.01. The largest absolute Gasteiger partial charge is 0.349 e. The fraction of sp³-hybridized carbons (Fsp3) is 0.538. The van der Waals surface area contributed by atoms with Crippen LogP contribution in [0.15, 0.2) is 24.3 Å². The van der Waals surface area contributed by atoms with Crippen LogP contribution in [0.2, 0.25) is 0 Å². The van der Waals surface area contributed by atoms with Crippen molar-refractivity contribution in [2.75, 3.05) is 13.2 Å². The first-order chi connectivity index (χ1) is 8.61. The molecule has 2 atom stereocenters. The summed E-state index contributed by atoms with van der Waals surface area (Å²) in [6, 6.07) is 6.06. The van der Waals surface area contributed by atoms with Crippen LogP contribution in [-0.4, -0.2) is 24.6 Å². The standard InChI is InChI=1S/C13H16ClFO3/c1-3-16-12(17-4-2)13(14)11(18-13)9-5-7-10(15)8-6-9/h5-8,11-12H,3-4H2,1-2H3. The molecule has 1 fully saturated rings. The third kappa shape index (κ3) is 2.67. The van der Waals surface area contributed by atoms with Gasteiger partial charge >= 0.3 is 0 Å². The average molecular weight is 275 g/mol. The van der Waals surface area contributed by atoms with E-state index >= 15 is 0 Å². The van der Waals surface area contributed by atoms with E-state index in [1.807, 2.05) is 13.8 Å². The van der Waals surface area contributed by atoms with Crippen molar-refractivity contribution in [2.24, 2.45) is 0 Å². The Bertz CT molecular complexity index is 392. The molecule has 0 bridgehead atoms. The fourth-order valence-electron chi connectivity index (χ4n) is 1.84. The van der Waals surface area contributed by atoms with Gasteiger partial charge in [-0.15, -0.1) is 0 Å². The number of rotatable bonds is 6. The molecule has 2 rings (SSSR count). The van der Waals surface area contributed by atoms with Gasteiger partial charge in [-0.05, 0) is 31.5 Å². The number of ether oxygens (including phenoxy) is 3. The number of epoxide rings is 1. The third-order valence-electron chi connectivity index (χ3n) is 2.73. The number of benzene rings is 1. The smallest absolute Gasteiger partial charge is 0.223 e. The van der Waals surface area contributed by atoms with Gasteiger partial charge in [-0.25, -0.2) is 4.39 Å². The first kappa shape index (κ1) is 13.7. The van der Waals surface area contributed by atoms with Gasteiger partial charge in [-0.2, -0.15) is 0 Å². The Labute approximate surface area is 111 Å². The molecule has 5 heteroatoms. The maximum Gasteiger partial charge on any atom is 0.223 e. The molecule has 0 aromatic heterocycles. The van der Waals surface area contributed by atoms with Gasteiger partial charge in [0.1, 0.15) is 11.9 Å². The molecule has 0 radical (unpaired) electrons. The number of halogens is 2. The predicted molar refractivity (Wildman–Crippen MR) is 65.9 cm³/mol. The molecule has 2 unspecified atom stereocenters. The highest BCUT2D eigenvalue weighted by Crippen LogP contribution is 2.56. The average Bonchev–Trinajstić information content (AvgIpc) is 3.04. The van der Waals surface area contributed by atoms with Crippen LogP contribution >= 0.6 is 11.6 Å². The SMILES string of the molecule is CCOC(OCC)C1(Cl)OC1c1ccc(F)cc1. The summed E-state index contributed by atoms with van der Waals surface area (Å²) in [7, 11) is 0. The lowest BCUT2D eigenvalue weighted by Gasteiger charge is -2.19. The molecule has 0 N–H and O–H groups in total. The van der Waals surface area contributed by atoms with Crippen molar-refractivity contribution in [3.8, 4) is 0 Å². The molecular weight excluding hydrogens is 259 g/mol. The van der Waals surface area contributed by atoms with Crippen LogP contribution in [-0.2, 0) is 14.2 Å². The zero-order chi connectivity index (χ0) is 13.2. The Kier molecular flexibility index (Phi) is 4.22. The van der Waals surface area contributed by atoms with Gasteiger partial charge in [0.15, 0.2) is 0 Å². The highest BCUT2D eigenvalue weighted by atomic mass is 35.5. The molecule has 0 saturated carbocycles. The first-order valence-corrected chi connectivity index (χ1v) is 6.35. The van der Waals surface area contributed by atoms with Gasteiger partial charge in [0.2, 0.25) is 11.4 Å². The zero-order valence-corrected chi connectivity index (χ0v) is 11.1. The van der Waals surface area contributed by atoms with Gasteiger partial charge in [0.05, 0.1) is 0 Å². The summed E-state index contributed by atoms with van der Waals surface area (Å²) < 4.78 is 29.2. The van der Waals surface area contributed by atoms with Crippen LogP contribution in [0.4, 0.5) is 4.39 Å². The lowest BCUT2D eigenvalue weighted by molar-refractivity contribution is -0.156. The van der Waals surface area contributed by atoms with Crippen LogP contribution in [0.1, 0.15) is 25.5 Å². The Hall–Kier alpha value is -0.680. The molecule has 1 aliphatic rings. The number of hydrogen-bond acceptors (Lipinski definition) is 3.